The van der Waals surface area contributed by atoms with E-state index in [1.807, 2.05) is 43.6 Å². The lowest BCUT2D eigenvalue weighted by molar-refractivity contribution is 0.229. The molecule has 0 radical (unpaired) electrons. The van der Waals surface area contributed by atoms with Gasteiger partial charge >= 0.3 is 6.03 Å². The van der Waals surface area contributed by atoms with Crippen LogP contribution in [0.5, 0.6) is 0 Å². The Morgan fingerprint density at radius 1 is 1.36 bits per heavy atom. The standard InChI is InChI=1S/C16H22N4O2/c1-20-12-13(11-18-20)7-9-17-16(22)19-15(8-10-21)14-5-3-2-4-6-14/h2-6,11-12,15,21H,7-10H2,1H3,(H2,17,19,22)/t15-/m1/s1. The number of hydrogen-bond donors (Lipinski definition) is 3. The van der Waals surface area contributed by atoms with Crippen molar-refractivity contribution in [2.24, 2.45) is 7.05 Å². The van der Waals surface area contributed by atoms with E-state index in [1.54, 1.807) is 10.9 Å². The van der Waals surface area contributed by atoms with Crippen molar-refractivity contribution in [3.63, 3.8) is 0 Å². The van der Waals surface area contributed by atoms with Crippen LogP contribution < -0.4 is 10.6 Å². The third-order valence-electron chi connectivity index (χ3n) is 3.38. The van der Waals surface area contributed by atoms with Crippen LogP contribution in [0.1, 0.15) is 23.6 Å². The molecule has 22 heavy (non-hydrogen) atoms. The molecule has 6 nitrogen and oxygen atoms in total. The molecule has 0 saturated carbocycles. The van der Waals surface area contributed by atoms with Gasteiger partial charge in [0.2, 0.25) is 0 Å². The van der Waals surface area contributed by atoms with E-state index in [9.17, 15) is 4.79 Å². The van der Waals surface area contributed by atoms with E-state index in [-0.39, 0.29) is 18.7 Å². The van der Waals surface area contributed by atoms with Crippen molar-refractivity contribution in [2.45, 2.75) is 18.9 Å². The SMILES string of the molecule is Cn1cc(CCNC(=O)N[C@H](CCO)c2ccccc2)cn1. The van der Waals surface area contributed by atoms with Crippen LogP contribution in [-0.4, -0.2) is 34.1 Å². The van der Waals surface area contributed by atoms with Gasteiger partial charge in [-0.15, -0.1) is 0 Å². The Morgan fingerprint density at radius 3 is 2.77 bits per heavy atom. The van der Waals surface area contributed by atoms with Gasteiger partial charge in [-0.3, -0.25) is 4.68 Å². The number of benzene rings is 1. The summed E-state index contributed by atoms with van der Waals surface area (Å²) in [5, 5.41) is 19.0. The molecule has 1 heterocycles. The summed E-state index contributed by atoms with van der Waals surface area (Å²) in [5.41, 5.74) is 2.07. The highest BCUT2D eigenvalue weighted by Crippen LogP contribution is 2.15. The van der Waals surface area contributed by atoms with E-state index in [1.165, 1.54) is 0 Å². The van der Waals surface area contributed by atoms with E-state index in [2.05, 4.69) is 15.7 Å². The van der Waals surface area contributed by atoms with Crippen LogP contribution in [0.25, 0.3) is 0 Å². The monoisotopic (exact) mass is 302 g/mol. The maximum Gasteiger partial charge on any atom is 0.315 e. The normalized spacial score (nSPS) is 11.9. The molecule has 2 aromatic rings. The molecule has 0 aliphatic carbocycles. The summed E-state index contributed by atoms with van der Waals surface area (Å²) in [4.78, 5) is 12.0. The summed E-state index contributed by atoms with van der Waals surface area (Å²) >= 11 is 0. The van der Waals surface area contributed by atoms with Crippen molar-refractivity contribution in [3.05, 3.63) is 53.9 Å². The summed E-state index contributed by atoms with van der Waals surface area (Å²) in [6, 6.07) is 9.22. The third-order valence-corrected chi connectivity index (χ3v) is 3.38. The molecule has 6 heteroatoms. The molecule has 118 valence electrons. The number of aliphatic hydroxyl groups excluding tert-OH is 1. The average Bonchev–Trinajstić information content (AvgIpc) is 2.93. The highest BCUT2D eigenvalue weighted by Gasteiger charge is 2.13. The molecular weight excluding hydrogens is 280 g/mol. The third kappa shape index (κ3) is 4.89. The smallest absolute Gasteiger partial charge is 0.315 e. The maximum absolute atomic E-state index is 12.0. The van der Waals surface area contributed by atoms with Gasteiger partial charge in [-0.2, -0.15) is 5.10 Å². The number of carbonyl (C=O) groups is 1. The number of nitrogens with zero attached hydrogens (tertiary/aromatic N) is 2. The fraction of sp³-hybridized carbons (Fsp3) is 0.375. The van der Waals surface area contributed by atoms with Crippen LogP contribution >= 0.6 is 0 Å². The predicted molar refractivity (Wildman–Crippen MR) is 84.3 cm³/mol. The van der Waals surface area contributed by atoms with Crippen molar-refractivity contribution in [2.75, 3.05) is 13.2 Å². The van der Waals surface area contributed by atoms with Gasteiger partial charge in [0.15, 0.2) is 0 Å². The van der Waals surface area contributed by atoms with Gasteiger partial charge < -0.3 is 15.7 Å². The largest absolute Gasteiger partial charge is 0.396 e. The van der Waals surface area contributed by atoms with Crippen molar-refractivity contribution in [1.82, 2.24) is 20.4 Å². The second kappa shape index (κ2) is 8.19. The van der Waals surface area contributed by atoms with Gasteiger partial charge in [0.05, 0.1) is 12.2 Å². The summed E-state index contributed by atoms with van der Waals surface area (Å²) in [6.07, 6.45) is 4.94. The van der Waals surface area contributed by atoms with Gasteiger partial charge in [0, 0.05) is 26.4 Å². The lowest BCUT2D eigenvalue weighted by Crippen LogP contribution is -2.39. The Bertz CT molecular complexity index is 583. The second-order valence-corrected chi connectivity index (χ2v) is 5.15. The molecule has 0 spiro atoms. The van der Waals surface area contributed by atoms with Crippen LogP contribution in [-0.2, 0) is 13.5 Å². The number of aryl methyl sites for hydroxylation is 1. The molecule has 0 saturated heterocycles. The van der Waals surface area contributed by atoms with Gasteiger partial charge in [-0.05, 0) is 24.0 Å². The Labute approximate surface area is 130 Å². The fourth-order valence-electron chi connectivity index (χ4n) is 2.27. The number of amides is 2. The Morgan fingerprint density at radius 2 is 2.14 bits per heavy atom. The molecule has 0 bridgehead atoms. The molecule has 0 fully saturated rings. The quantitative estimate of drug-likeness (QED) is 0.723. The first kappa shape index (κ1) is 16.0. The lowest BCUT2D eigenvalue weighted by Gasteiger charge is -2.18. The number of carbonyl (C=O) groups excluding carboxylic acids is 1. The van der Waals surface area contributed by atoms with Crippen LogP contribution in [0.15, 0.2) is 42.7 Å². The number of rotatable bonds is 7. The predicted octanol–water partition coefficient (Wildman–Crippen LogP) is 1.39. The maximum atomic E-state index is 12.0. The molecule has 3 N–H and O–H groups in total. The molecule has 2 amide bonds. The molecule has 1 atom stereocenters. The zero-order chi connectivity index (χ0) is 15.8. The van der Waals surface area contributed by atoms with Crippen molar-refractivity contribution < 1.29 is 9.90 Å². The van der Waals surface area contributed by atoms with Crippen LogP contribution in [0.2, 0.25) is 0 Å². The lowest BCUT2D eigenvalue weighted by atomic mass is 10.0. The Hall–Kier alpha value is -2.34. The van der Waals surface area contributed by atoms with Crippen molar-refractivity contribution in [3.8, 4) is 0 Å². The molecule has 0 aliphatic rings. The summed E-state index contributed by atoms with van der Waals surface area (Å²) < 4.78 is 1.74. The molecule has 2 rings (SSSR count). The zero-order valence-electron chi connectivity index (χ0n) is 12.7. The van der Waals surface area contributed by atoms with Crippen LogP contribution in [0.3, 0.4) is 0 Å². The molecule has 1 aromatic carbocycles. The Balaban J connectivity index is 1.81. The number of nitrogens with one attached hydrogen (secondary N) is 2. The van der Waals surface area contributed by atoms with Gasteiger partial charge in [0.1, 0.15) is 0 Å². The molecule has 1 aromatic heterocycles. The highest BCUT2D eigenvalue weighted by molar-refractivity contribution is 5.74. The topological polar surface area (TPSA) is 79.2 Å². The second-order valence-electron chi connectivity index (χ2n) is 5.15. The van der Waals surface area contributed by atoms with Gasteiger partial charge in [-0.1, -0.05) is 30.3 Å². The van der Waals surface area contributed by atoms with E-state index in [4.69, 9.17) is 5.11 Å². The van der Waals surface area contributed by atoms with Crippen LogP contribution in [0.4, 0.5) is 4.79 Å². The van der Waals surface area contributed by atoms with E-state index < -0.39 is 0 Å². The summed E-state index contributed by atoms with van der Waals surface area (Å²) in [5.74, 6) is 0. The Kier molecular flexibility index (Phi) is 5.97. The highest BCUT2D eigenvalue weighted by atomic mass is 16.3. The summed E-state index contributed by atoms with van der Waals surface area (Å²) in [6.45, 7) is 0.563. The van der Waals surface area contributed by atoms with Crippen molar-refractivity contribution >= 4 is 6.03 Å². The number of hydrogen-bond acceptors (Lipinski definition) is 3. The first-order valence-corrected chi connectivity index (χ1v) is 7.36. The molecule has 0 aliphatic heterocycles. The number of aromatic nitrogens is 2. The first-order chi connectivity index (χ1) is 10.7. The van der Waals surface area contributed by atoms with Gasteiger partial charge in [0.25, 0.3) is 0 Å². The molecular formula is C16H22N4O2. The minimum Gasteiger partial charge on any atom is -0.396 e. The zero-order valence-corrected chi connectivity index (χ0v) is 12.7. The average molecular weight is 302 g/mol. The van der Waals surface area contributed by atoms with Gasteiger partial charge in [-0.25, -0.2) is 4.79 Å². The first-order valence-electron chi connectivity index (χ1n) is 7.36. The fourth-order valence-corrected chi connectivity index (χ4v) is 2.27. The van der Waals surface area contributed by atoms with Crippen molar-refractivity contribution in [1.29, 1.82) is 0 Å². The van der Waals surface area contributed by atoms with Crippen LogP contribution in [0, 0.1) is 0 Å². The van der Waals surface area contributed by atoms with E-state index in [0.717, 1.165) is 17.5 Å². The van der Waals surface area contributed by atoms with E-state index >= 15 is 0 Å². The summed E-state index contributed by atoms with van der Waals surface area (Å²) in [7, 11) is 1.86. The molecule has 0 unspecified atom stereocenters. The minimum absolute atomic E-state index is 0.0233. The van der Waals surface area contributed by atoms with E-state index in [0.29, 0.717) is 13.0 Å². The number of aliphatic hydroxyl groups is 1. The number of urea groups is 1. The minimum atomic E-state index is -0.230.